The monoisotopic (exact) mass is 462 g/mol. The number of aromatic hydroxyl groups is 1. The van der Waals surface area contributed by atoms with E-state index in [1.165, 1.54) is 44.1 Å². The second-order valence-electron chi connectivity index (χ2n) is 9.39. The molecule has 33 heavy (non-hydrogen) atoms. The van der Waals surface area contributed by atoms with Gasteiger partial charge in [-0.25, -0.2) is 0 Å². The molecule has 4 rings (SSSR count). The Balaban J connectivity index is 2.05. The molecule has 178 valence electrons. The quantitative estimate of drug-likeness (QED) is 0.236. The maximum atomic E-state index is 13.7. The smallest absolute Gasteiger partial charge is 0.230 e. The molecule has 0 saturated heterocycles. The van der Waals surface area contributed by atoms with Crippen molar-refractivity contribution in [3.8, 4) is 5.75 Å². The topological polar surface area (TPSA) is 202 Å². The highest BCUT2D eigenvalue weighted by molar-refractivity contribution is 6.25. The molecule has 1 amide bonds. The number of hydrogen-bond acceptors (Lipinski definition) is 10. The van der Waals surface area contributed by atoms with Gasteiger partial charge in [0.15, 0.2) is 11.4 Å². The van der Waals surface area contributed by atoms with Crippen LogP contribution >= 0.6 is 0 Å². The van der Waals surface area contributed by atoms with E-state index in [0.717, 1.165) is 0 Å². The number of phenolic OH excluding ortho intramolecular Hbond substituents is 1. The van der Waals surface area contributed by atoms with Gasteiger partial charge in [0.05, 0.1) is 34.9 Å². The summed E-state index contributed by atoms with van der Waals surface area (Å²) < 4.78 is 0. The van der Waals surface area contributed by atoms with Crippen molar-refractivity contribution in [2.75, 3.05) is 14.1 Å². The van der Waals surface area contributed by atoms with Crippen molar-refractivity contribution in [1.82, 2.24) is 4.90 Å². The minimum atomic E-state index is -3.04. The van der Waals surface area contributed by atoms with Crippen LogP contribution in [-0.4, -0.2) is 91.0 Å². The van der Waals surface area contributed by atoms with Crippen LogP contribution in [0.1, 0.15) is 18.1 Å². The minimum Gasteiger partial charge on any atom is -0.507 e. The number of ketones is 2. The lowest BCUT2D eigenvalue weighted by Gasteiger charge is -2.57. The fourth-order valence-electron chi connectivity index (χ4n) is 5.96. The van der Waals surface area contributed by atoms with Gasteiger partial charge in [0.1, 0.15) is 17.4 Å². The van der Waals surface area contributed by atoms with E-state index in [4.69, 9.17) is 5.73 Å². The molecule has 2 fully saturated rings. The molecule has 3 aliphatic carbocycles. The molecule has 1 aromatic carbocycles. The van der Waals surface area contributed by atoms with Crippen molar-refractivity contribution in [3.63, 3.8) is 0 Å². The van der Waals surface area contributed by atoms with Crippen molar-refractivity contribution >= 4 is 23.2 Å². The molecule has 2 saturated carbocycles. The molecule has 0 spiro atoms. The molecule has 1 aromatic rings. The van der Waals surface area contributed by atoms with Gasteiger partial charge in [-0.1, -0.05) is 12.1 Å². The average Bonchev–Trinajstić information content (AvgIpc) is 2.70. The number of nitrogens with two attached hydrogens (primary N) is 1. The van der Waals surface area contributed by atoms with E-state index in [9.17, 15) is 45.0 Å². The van der Waals surface area contributed by atoms with Gasteiger partial charge in [-0.2, -0.15) is 0 Å². The van der Waals surface area contributed by atoms with E-state index in [2.05, 4.69) is 0 Å². The van der Waals surface area contributed by atoms with Crippen molar-refractivity contribution in [3.05, 3.63) is 34.9 Å². The first kappa shape index (κ1) is 23.3. The van der Waals surface area contributed by atoms with Crippen molar-refractivity contribution in [1.29, 1.82) is 0 Å². The van der Waals surface area contributed by atoms with Gasteiger partial charge < -0.3 is 41.3 Å². The first-order valence-electron chi connectivity index (χ1n) is 10.3. The summed E-state index contributed by atoms with van der Waals surface area (Å²) in [5, 5.41) is 66.4. The minimum absolute atomic E-state index is 0.0186. The second kappa shape index (κ2) is 7.08. The number of phenols is 1. The van der Waals surface area contributed by atoms with Gasteiger partial charge in [-0.05, 0) is 32.6 Å². The van der Waals surface area contributed by atoms with Crippen LogP contribution in [0.4, 0.5) is 0 Å². The Hall–Kier alpha value is -2.83. The van der Waals surface area contributed by atoms with Crippen LogP contribution in [-0.2, 0) is 20.0 Å². The van der Waals surface area contributed by atoms with Crippen molar-refractivity contribution in [2.24, 2.45) is 23.5 Å². The molecular weight excluding hydrogens is 436 g/mol. The molecule has 0 aromatic heterocycles. The summed E-state index contributed by atoms with van der Waals surface area (Å²) in [5.41, 5.74) is -0.693. The van der Waals surface area contributed by atoms with E-state index in [-0.39, 0.29) is 11.1 Å². The highest BCUT2D eigenvalue weighted by Gasteiger charge is 2.72. The zero-order valence-corrected chi connectivity index (χ0v) is 18.1. The maximum Gasteiger partial charge on any atom is 0.230 e. The number of hydrogen-bond donors (Lipinski definition) is 7. The summed E-state index contributed by atoms with van der Waals surface area (Å²) in [6, 6.07) is 2.71. The van der Waals surface area contributed by atoms with Crippen LogP contribution in [0.5, 0.6) is 5.75 Å². The first-order valence-corrected chi connectivity index (χ1v) is 10.3. The van der Waals surface area contributed by atoms with Crippen molar-refractivity contribution < 1.29 is 45.0 Å². The lowest BCUT2D eigenvalue weighted by Crippen LogP contribution is -2.77. The maximum absolute atomic E-state index is 13.7. The van der Waals surface area contributed by atoms with Crippen LogP contribution < -0.4 is 5.73 Å². The van der Waals surface area contributed by atoms with E-state index < -0.39 is 81.8 Å². The number of fused-ring (bicyclic) bond motifs is 3. The molecule has 8 unspecified atom stereocenters. The summed E-state index contributed by atoms with van der Waals surface area (Å²) in [4.78, 5) is 40.3. The first-order chi connectivity index (χ1) is 15.2. The number of likely N-dealkylation sites (N-methyl/N-ethyl adjacent to an activating group) is 1. The second-order valence-corrected chi connectivity index (χ2v) is 9.39. The zero-order valence-electron chi connectivity index (χ0n) is 18.1. The number of primary amides is 1. The number of Topliss-reactive ketones (excluding diaryl/α,β-unsaturated/α-hetero) is 2. The molecule has 11 nitrogen and oxygen atoms in total. The molecular formula is C22H26N2O9. The fraction of sp³-hybridized carbons (Fsp3) is 0.500. The summed E-state index contributed by atoms with van der Waals surface area (Å²) in [6.45, 7) is 1.27. The van der Waals surface area contributed by atoms with E-state index in [1.807, 2.05) is 0 Å². The Labute approximate surface area is 188 Å². The number of benzene rings is 1. The predicted molar refractivity (Wildman–Crippen MR) is 111 cm³/mol. The average molecular weight is 462 g/mol. The molecule has 8 atom stereocenters. The summed E-state index contributed by atoms with van der Waals surface area (Å²) >= 11 is 0. The Morgan fingerprint density at radius 1 is 1.09 bits per heavy atom. The largest absolute Gasteiger partial charge is 0.507 e. The molecule has 0 aliphatic heterocycles. The Bertz CT molecular complexity index is 1110. The fourth-order valence-corrected chi connectivity index (χ4v) is 5.96. The Morgan fingerprint density at radius 2 is 1.70 bits per heavy atom. The van der Waals surface area contributed by atoms with Crippen LogP contribution in [0, 0.1) is 17.8 Å². The van der Waals surface area contributed by atoms with Crippen LogP contribution in [0.2, 0.25) is 0 Å². The summed E-state index contributed by atoms with van der Waals surface area (Å²) in [7, 11) is 2.91. The third-order valence-electron chi connectivity index (χ3n) is 7.40. The van der Waals surface area contributed by atoms with Crippen LogP contribution in [0.15, 0.2) is 23.8 Å². The van der Waals surface area contributed by atoms with Gasteiger partial charge in [0.2, 0.25) is 11.7 Å². The number of aliphatic hydroxyl groups excluding tert-OH is 3. The van der Waals surface area contributed by atoms with E-state index in [0.29, 0.717) is 0 Å². The highest BCUT2D eigenvalue weighted by Crippen LogP contribution is 2.56. The highest BCUT2D eigenvalue weighted by atomic mass is 16.3. The lowest BCUT2D eigenvalue weighted by molar-refractivity contribution is -0.207. The third-order valence-corrected chi connectivity index (χ3v) is 7.40. The predicted octanol–water partition coefficient (Wildman–Crippen LogP) is -2.24. The Kier molecular flexibility index (Phi) is 5.01. The third kappa shape index (κ3) is 2.71. The van der Waals surface area contributed by atoms with E-state index in [1.54, 1.807) is 0 Å². The normalized spacial score (nSPS) is 40.4. The number of amides is 1. The molecule has 0 radical (unpaired) electrons. The van der Waals surface area contributed by atoms with E-state index >= 15 is 0 Å². The summed E-state index contributed by atoms with van der Waals surface area (Å²) in [6.07, 6.45) is -3.60. The van der Waals surface area contributed by atoms with Crippen LogP contribution in [0.3, 0.4) is 0 Å². The SMILES string of the molecule is CN(C)C1C(O)C(C(N)=O)C(=O)C2(O)C(=O)C3=C(O)c4c(O)cccc4C(C)(O)C3C(O)C12. The summed E-state index contributed by atoms with van der Waals surface area (Å²) in [5.74, 6) is -10.5. The van der Waals surface area contributed by atoms with Gasteiger partial charge in [-0.3, -0.25) is 14.4 Å². The number of rotatable bonds is 2. The van der Waals surface area contributed by atoms with Gasteiger partial charge in [0.25, 0.3) is 0 Å². The van der Waals surface area contributed by atoms with Gasteiger partial charge in [-0.15, -0.1) is 0 Å². The number of carbonyl (C=O) groups excluding carboxylic acids is 3. The molecule has 8 N–H and O–H groups in total. The number of nitrogens with zero attached hydrogens (tertiary/aromatic N) is 1. The van der Waals surface area contributed by atoms with Crippen LogP contribution in [0.25, 0.3) is 5.76 Å². The number of aliphatic hydroxyl groups is 5. The van der Waals surface area contributed by atoms with Gasteiger partial charge >= 0.3 is 0 Å². The zero-order chi connectivity index (χ0) is 24.8. The van der Waals surface area contributed by atoms with Gasteiger partial charge in [0, 0.05) is 12.0 Å². The molecule has 0 bridgehead atoms. The standard InChI is InChI=1S/C22H26N2O9/c1-21(32)7-5-4-6-8(25)9(7)15(26)10-12(21)17(28)13-14(24(2)3)16(27)11(20(23)31)19(30)22(13,33)18(10)29/h4-6,11-14,16-17,25-28,32-33H,1-3H3,(H2,23,31). The number of carbonyl (C=O) groups is 3. The van der Waals surface area contributed by atoms with Crippen molar-refractivity contribution in [2.45, 2.75) is 36.4 Å². The Morgan fingerprint density at radius 3 is 2.24 bits per heavy atom. The molecule has 0 heterocycles. The lowest BCUT2D eigenvalue weighted by atomic mass is 9.51. The molecule has 3 aliphatic rings. The molecule has 11 heteroatoms.